The van der Waals surface area contributed by atoms with Crippen LogP contribution in [0.25, 0.3) is 11.3 Å². The molecule has 1 aromatic heterocycles. The Labute approximate surface area is 200 Å². The van der Waals surface area contributed by atoms with Crippen molar-refractivity contribution in [2.24, 2.45) is 5.92 Å². The highest BCUT2D eigenvalue weighted by Gasteiger charge is 2.37. The summed E-state index contributed by atoms with van der Waals surface area (Å²) in [5.74, 6) is -0.662. The van der Waals surface area contributed by atoms with Crippen molar-refractivity contribution in [2.75, 3.05) is 31.7 Å². The van der Waals surface area contributed by atoms with Crippen LogP contribution in [-0.4, -0.2) is 53.4 Å². The minimum absolute atomic E-state index is 0.00191. The second-order valence-electron chi connectivity index (χ2n) is 7.96. The van der Waals surface area contributed by atoms with Crippen molar-refractivity contribution in [1.29, 1.82) is 0 Å². The molecule has 10 heteroatoms. The molecular formula is C24H24N4O5S. The summed E-state index contributed by atoms with van der Waals surface area (Å²) in [6, 6.07) is 15.8. The first-order valence-corrected chi connectivity index (χ1v) is 11.7. The van der Waals surface area contributed by atoms with Crippen molar-refractivity contribution in [3.05, 3.63) is 75.7 Å². The van der Waals surface area contributed by atoms with Gasteiger partial charge in [-0.2, -0.15) is 0 Å². The maximum Gasteiger partial charge on any atom is 0.269 e. The molecule has 1 aliphatic heterocycles. The third-order valence-electron chi connectivity index (χ3n) is 5.66. The van der Waals surface area contributed by atoms with Crippen LogP contribution in [0.1, 0.15) is 12.0 Å². The average Bonchev–Trinajstić information content (AvgIpc) is 3.47. The maximum atomic E-state index is 13.4. The zero-order valence-electron chi connectivity index (χ0n) is 18.6. The second-order valence-corrected chi connectivity index (χ2v) is 8.80. The van der Waals surface area contributed by atoms with Gasteiger partial charge in [0.1, 0.15) is 0 Å². The van der Waals surface area contributed by atoms with E-state index >= 15 is 0 Å². The van der Waals surface area contributed by atoms with Gasteiger partial charge in [-0.15, -0.1) is 11.3 Å². The number of aromatic nitrogens is 1. The third-order valence-corrected chi connectivity index (χ3v) is 6.53. The number of hydrogen-bond acceptors (Lipinski definition) is 7. The van der Waals surface area contributed by atoms with E-state index in [0.717, 1.165) is 11.1 Å². The number of rotatable bonds is 9. The lowest BCUT2D eigenvalue weighted by atomic mass is 10.1. The highest BCUT2D eigenvalue weighted by Crippen LogP contribution is 2.31. The number of carbonyl (C=O) groups is 2. The molecular weight excluding hydrogens is 456 g/mol. The molecule has 0 N–H and O–H groups in total. The monoisotopic (exact) mass is 480 g/mol. The van der Waals surface area contributed by atoms with Gasteiger partial charge in [0, 0.05) is 49.7 Å². The molecule has 176 valence electrons. The molecule has 2 amide bonds. The van der Waals surface area contributed by atoms with Crippen LogP contribution in [0.4, 0.5) is 10.8 Å². The summed E-state index contributed by atoms with van der Waals surface area (Å²) in [4.78, 5) is 44.4. The Bertz CT molecular complexity index is 1170. The van der Waals surface area contributed by atoms with Crippen LogP contribution < -0.4 is 4.90 Å². The first-order chi connectivity index (χ1) is 16.5. The van der Waals surface area contributed by atoms with Crippen LogP contribution in [0.15, 0.2) is 60.0 Å². The molecule has 0 bridgehead atoms. The summed E-state index contributed by atoms with van der Waals surface area (Å²) in [5.41, 5.74) is 2.37. The molecule has 0 aliphatic carbocycles. The van der Waals surface area contributed by atoms with Gasteiger partial charge in [-0.25, -0.2) is 4.98 Å². The van der Waals surface area contributed by atoms with E-state index in [0.29, 0.717) is 37.1 Å². The third kappa shape index (κ3) is 5.29. The molecule has 1 fully saturated rings. The Morgan fingerprint density at radius 1 is 1.24 bits per heavy atom. The Hall–Kier alpha value is -3.63. The molecule has 4 rings (SSSR count). The van der Waals surface area contributed by atoms with Crippen molar-refractivity contribution in [3.63, 3.8) is 0 Å². The Balaban J connectivity index is 1.50. The molecule has 1 aliphatic rings. The lowest BCUT2D eigenvalue weighted by Gasteiger charge is -2.23. The number of carbonyl (C=O) groups excluding carboxylic acids is 2. The van der Waals surface area contributed by atoms with Crippen molar-refractivity contribution in [3.8, 4) is 11.3 Å². The lowest BCUT2D eigenvalue weighted by molar-refractivity contribution is -0.384. The quantitative estimate of drug-likeness (QED) is 0.341. The maximum absolute atomic E-state index is 13.4. The molecule has 9 nitrogen and oxygen atoms in total. The fourth-order valence-electron chi connectivity index (χ4n) is 3.87. The van der Waals surface area contributed by atoms with Crippen molar-refractivity contribution >= 4 is 34.0 Å². The van der Waals surface area contributed by atoms with Crippen LogP contribution in [-0.2, 0) is 20.9 Å². The van der Waals surface area contributed by atoms with Crippen molar-refractivity contribution in [1.82, 2.24) is 9.88 Å². The molecule has 3 aromatic rings. The van der Waals surface area contributed by atoms with Gasteiger partial charge in [-0.05, 0) is 17.7 Å². The SMILES string of the molecule is COCCN(C(=O)[C@H]1CC(=O)N(Cc2ccccc2)C1)c1nc(-c2ccc([N+](=O)[O-])cc2)cs1. The molecule has 1 saturated heterocycles. The minimum atomic E-state index is -0.459. The highest BCUT2D eigenvalue weighted by atomic mass is 32.1. The summed E-state index contributed by atoms with van der Waals surface area (Å²) in [7, 11) is 1.56. The van der Waals surface area contributed by atoms with Gasteiger partial charge >= 0.3 is 0 Å². The standard InChI is InChI=1S/C24H24N4O5S/c1-33-12-11-27(24-25-21(16-34-24)18-7-9-20(10-8-18)28(31)32)23(30)19-13-22(29)26(15-19)14-17-5-3-2-4-6-17/h2-10,16,19H,11-15H2,1H3/t19-/m0/s1. The summed E-state index contributed by atoms with van der Waals surface area (Å²) in [6.45, 7) is 1.47. The van der Waals surface area contributed by atoms with Gasteiger partial charge in [0.15, 0.2) is 5.13 Å². The van der Waals surface area contributed by atoms with Gasteiger partial charge in [0.2, 0.25) is 11.8 Å². The number of likely N-dealkylation sites (tertiary alicyclic amines) is 1. The summed E-state index contributed by atoms with van der Waals surface area (Å²) < 4.78 is 5.20. The normalized spacial score (nSPS) is 15.5. The van der Waals surface area contributed by atoms with Crippen LogP contribution in [0.5, 0.6) is 0 Å². The van der Waals surface area contributed by atoms with E-state index in [1.807, 2.05) is 35.7 Å². The molecule has 2 aromatic carbocycles. The number of non-ortho nitro benzene ring substituents is 1. The molecule has 0 unspecified atom stereocenters. The zero-order valence-corrected chi connectivity index (χ0v) is 19.4. The number of anilines is 1. The highest BCUT2D eigenvalue weighted by molar-refractivity contribution is 7.14. The summed E-state index contributed by atoms with van der Waals surface area (Å²) >= 11 is 1.31. The molecule has 34 heavy (non-hydrogen) atoms. The van der Waals surface area contributed by atoms with Gasteiger partial charge < -0.3 is 9.64 Å². The van der Waals surface area contributed by atoms with Gasteiger partial charge in [0.25, 0.3) is 5.69 Å². The first-order valence-electron chi connectivity index (χ1n) is 10.8. The van der Waals surface area contributed by atoms with Gasteiger partial charge in [-0.3, -0.25) is 24.6 Å². The number of amides is 2. The number of thiazole rings is 1. The smallest absolute Gasteiger partial charge is 0.269 e. The largest absolute Gasteiger partial charge is 0.383 e. The van der Waals surface area contributed by atoms with Crippen LogP contribution >= 0.6 is 11.3 Å². The molecule has 1 atom stereocenters. The number of nitro groups is 1. The molecule has 0 saturated carbocycles. The van der Waals surface area contributed by atoms with E-state index in [9.17, 15) is 19.7 Å². The molecule has 0 spiro atoms. The predicted octanol–water partition coefficient (Wildman–Crippen LogP) is 3.75. The van der Waals surface area contributed by atoms with E-state index in [1.54, 1.807) is 29.0 Å². The molecule has 0 radical (unpaired) electrons. The number of ether oxygens (including phenoxy) is 1. The van der Waals surface area contributed by atoms with Gasteiger partial charge in [-0.1, -0.05) is 30.3 Å². The number of benzene rings is 2. The van der Waals surface area contributed by atoms with Crippen LogP contribution in [0.3, 0.4) is 0 Å². The van der Waals surface area contributed by atoms with Crippen molar-refractivity contribution < 1.29 is 19.2 Å². The lowest BCUT2D eigenvalue weighted by Crippen LogP contribution is -2.39. The van der Waals surface area contributed by atoms with E-state index in [4.69, 9.17) is 4.74 Å². The van der Waals surface area contributed by atoms with Crippen LogP contribution in [0.2, 0.25) is 0 Å². The minimum Gasteiger partial charge on any atom is -0.383 e. The Morgan fingerprint density at radius 3 is 2.65 bits per heavy atom. The number of nitro benzene ring substituents is 1. The average molecular weight is 481 g/mol. The van der Waals surface area contributed by atoms with Gasteiger partial charge in [0.05, 0.1) is 29.7 Å². The van der Waals surface area contributed by atoms with E-state index in [1.165, 1.54) is 23.5 Å². The summed E-state index contributed by atoms with van der Waals surface area (Å²) in [5, 5.41) is 13.2. The predicted molar refractivity (Wildman–Crippen MR) is 128 cm³/mol. The van der Waals surface area contributed by atoms with Crippen LogP contribution in [0, 0.1) is 16.0 Å². The zero-order chi connectivity index (χ0) is 24.1. The number of methoxy groups -OCH3 is 1. The van der Waals surface area contributed by atoms with Crippen molar-refractivity contribution in [2.45, 2.75) is 13.0 Å². The van der Waals surface area contributed by atoms with E-state index in [-0.39, 0.29) is 23.9 Å². The fraction of sp³-hybridized carbons (Fsp3) is 0.292. The van der Waals surface area contributed by atoms with E-state index in [2.05, 4.69) is 4.98 Å². The molecule has 2 heterocycles. The van der Waals surface area contributed by atoms with E-state index < -0.39 is 10.8 Å². The topological polar surface area (TPSA) is 106 Å². The Morgan fingerprint density at radius 2 is 1.97 bits per heavy atom. The second kappa shape index (κ2) is 10.5. The fourth-order valence-corrected chi connectivity index (χ4v) is 4.74. The first kappa shape index (κ1) is 23.5. The number of hydrogen-bond donors (Lipinski definition) is 0. The number of nitrogens with zero attached hydrogens (tertiary/aromatic N) is 4. The summed E-state index contributed by atoms with van der Waals surface area (Å²) in [6.07, 6.45) is 0.162. The Kier molecular flexibility index (Phi) is 7.29.